The quantitative estimate of drug-likeness (QED) is 0.379. The van der Waals surface area contributed by atoms with E-state index < -0.39 is 0 Å². The number of anilines is 1. The second kappa shape index (κ2) is 9.00. The molecule has 128 valence electrons. The summed E-state index contributed by atoms with van der Waals surface area (Å²) in [7, 11) is 1.97. The number of hydrazone groups is 1. The molecular formula is C21H22ClN3. The molecule has 0 aliphatic heterocycles. The molecule has 0 aliphatic rings. The van der Waals surface area contributed by atoms with E-state index in [-0.39, 0.29) is 12.4 Å². The summed E-state index contributed by atoms with van der Waals surface area (Å²) in [4.78, 5) is 0. The van der Waals surface area contributed by atoms with E-state index in [0.29, 0.717) is 0 Å². The number of nitrogens with zero attached hydrogens (tertiary/aromatic N) is 3. The predicted molar refractivity (Wildman–Crippen MR) is 99.2 cm³/mol. The molecule has 3 aromatic rings. The van der Waals surface area contributed by atoms with Crippen molar-refractivity contribution in [3.05, 3.63) is 96.3 Å². The van der Waals surface area contributed by atoms with Crippen LogP contribution in [-0.4, -0.2) is 12.8 Å². The summed E-state index contributed by atoms with van der Waals surface area (Å²) in [6, 6.07) is 24.8. The molecule has 0 fully saturated rings. The zero-order valence-electron chi connectivity index (χ0n) is 14.5. The lowest BCUT2D eigenvalue weighted by Gasteiger charge is -2.14. The first-order chi connectivity index (χ1) is 11.7. The van der Waals surface area contributed by atoms with Crippen molar-refractivity contribution >= 4 is 11.4 Å². The number of benzene rings is 2. The maximum atomic E-state index is 4.67. The first-order valence-electron chi connectivity index (χ1n) is 8.10. The molecule has 0 unspecified atom stereocenters. The van der Waals surface area contributed by atoms with E-state index in [1.54, 1.807) is 0 Å². The van der Waals surface area contributed by atoms with Gasteiger partial charge in [0.05, 0.1) is 11.4 Å². The fourth-order valence-electron chi connectivity index (χ4n) is 2.58. The maximum absolute atomic E-state index is 4.67. The number of hydrogen-bond acceptors (Lipinski definition) is 2. The monoisotopic (exact) mass is 351 g/mol. The normalized spacial score (nSPS) is 10.9. The molecule has 0 spiro atoms. The Balaban J connectivity index is 0.00000225. The van der Waals surface area contributed by atoms with Crippen molar-refractivity contribution in [3.8, 4) is 0 Å². The van der Waals surface area contributed by atoms with Crippen molar-refractivity contribution in [1.29, 1.82) is 0 Å². The number of halogens is 1. The Bertz CT molecular complexity index is 800. The molecule has 0 aliphatic carbocycles. The van der Waals surface area contributed by atoms with Gasteiger partial charge in [-0.3, -0.25) is 5.01 Å². The van der Waals surface area contributed by atoms with E-state index in [1.807, 2.05) is 43.2 Å². The fourth-order valence-corrected chi connectivity index (χ4v) is 2.58. The number of pyridine rings is 1. The third kappa shape index (κ3) is 5.16. The third-order valence-corrected chi connectivity index (χ3v) is 3.95. The molecule has 0 N–H and O–H groups in total. The Kier molecular flexibility index (Phi) is 6.72. The van der Waals surface area contributed by atoms with Crippen LogP contribution >= 0.6 is 0 Å². The summed E-state index contributed by atoms with van der Waals surface area (Å²) >= 11 is 0. The summed E-state index contributed by atoms with van der Waals surface area (Å²) in [6.07, 6.45) is 4.20. The Morgan fingerprint density at radius 3 is 2.04 bits per heavy atom. The highest BCUT2D eigenvalue weighted by Crippen LogP contribution is 2.12. The van der Waals surface area contributed by atoms with Crippen LogP contribution in [0.15, 0.2) is 90.3 Å². The Morgan fingerprint density at radius 1 is 0.880 bits per heavy atom. The van der Waals surface area contributed by atoms with Crippen molar-refractivity contribution in [3.63, 3.8) is 0 Å². The van der Waals surface area contributed by atoms with Gasteiger partial charge in [-0.15, -0.1) is 0 Å². The lowest BCUT2D eigenvalue weighted by molar-refractivity contribution is -0.688. The molecule has 3 rings (SSSR count). The lowest BCUT2D eigenvalue weighted by atomic mass is 10.2. The van der Waals surface area contributed by atoms with Crippen molar-refractivity contribution in [2.24, 2.45) is 5.10 Å². The summed E-state index contributed by atoms with van der Waals surface area (Å²) < 4.78 is 2.17. The molecule has 25 heavy (non-hydrogen) atoms. The van der Waals surface area contributed by atoms with Crippen LogP contribution in [0.4, 0.5) is 5.69 Å². The van der Waals surface area contributed by atoms with E-state index in [9.17, 15) is 0 Å². The van der Waals surface area contributed by atoms with Crippen LogP contribution in [-0.2, 0) is 6.54 Å². The van der Waals surface area contributed by atoms with E-state index in [4.69, 9.17) is 0 Å². The van der Waals surface area contributed by atoms with Crippen LogP contribution in [0.5, 0.6) is 0 Å². The number of hydrogen-bond donors (Lipinski definition) is 0. The standard InChI is InChI=1S/C21H22N3.ClH/c1-18(22-23(2)21-11-7-4-8-12-21)20-13-15-24(16-14-20)17-19-9-5-3-6-10-19;/h3-16H,17H2,1-2H3;1H/q+1;/p-1. The van der Waals surface area contributed by atoms with Gasteiger partial charge in [-0.2, -0.15) is 5.10 Å². The second-order valence-electron chi connectivity index (χ2n) is 5.79. The highest BCUT2D eigenvalue weighted by Gasteiger charge is 2.06. The topological polar surface area (TPSA) is 19.5 Å². The van der Waals surface area contributed by atoms with Crippen LogP contribution in [0, 0.1) is 0 Å². The van der Waals surface area contributed by atoms with Gasteiger partial charge in [-0.25, -0.2) is 4.57 Å². The van der Waals surface area contributed by atoms with Gasteiger partial charge in [0.15, 0.2) is 18.9 Å². The zero-order valence-corrected chi connectivity index (χ0v) is 15.3. The largest absolute Gasteiger partial charge is 1.00 e. The molecule has 3 nitrogen and oxygen atoms in total. The molecule has 0 saturated carbocycles. The number of para-hydroxylation sites is 1. The summed E-state index contributed by atoms with van der Waals surface area (Å²) in [6.45, 7) is 2.91. The summed E-state index contributed by atoms with van der Waals surface area (Å²) in [5, 5.41) is 6.57. The minimum Gasteiger partial charge on any atom is -1.00 e. The minimum absolute atomic E-state index is 0. The zero-order chi connectivity index (χ0) is 16.8. The van der Waals surface area contributed by atoms with Gasteiger partial charge >= 0.3 is 0 Å². The van der Waals surface area contributed by atoms with Gasteiger partial charge < -0.3 is 12.4 Å². The van der Waals surface area contributed by atoms with Gasteiger partial charge in [0.25, 0.3) is 0 Å². The second-order valence-corrected chi connectivity index (χ2v) is 5.79. The van der Waals surface area contributed by atoms with Crippen molar-refractivity contribution in [2.45, 2.75) is 13.5 Å². The van der Waals surface area contributed by atoms with Gasteiger partial charge in [-0.05, 0) is 19.1 Å². The molecule has 1 heterocycles. The molecule has 0 radical (unpaired) electrons. The SMILES string of the molecule is C/C(=N\N(C)c1ccccc1)c1cc[n+](Cc2ccccc2)cc1.[Cl-]. The fraction of sp³-hybridized carbons (Fsp3) is 0.143. The molecule has 0 amide bonds. The van der Waals surface area contributed by atoms with Crippen LogP contribution in [0.3, 0.4) is 0 Å². The number of rotatable bonds is 5. The Labute approximate surface area is 155 Å². The average molecular weight is 352 g/mol. The highest BCUT2D eigenvalue weighted by molar-refractivity contribution is 5.98. The van der Waals surface area contributed by atoms with Gasteiger partial charge in [0, 0.05) is 30.3 Å². The smallest absolute Gasteiger partial charge is 0.173 e. The molecule has 4 heteroatoms. The molecule has 0 atom stereocenters. The minimum atomic E-state index is 0. The lowest BCUT2D eigenvalue weighted by Crippen LogP contribution is -3.00. The van der Waals surface area contributed by atoms with Crippen molar-refractivity contribution in [2.75, 3.05) is 12.1 Å². The van der Waals surface area contributed by atoms with Crippen LogP contribution in [0.2, 0.25) is 0 Å². The van der Waals surface area contributed by atoms with Gasteiger partial charge in [0.1, 0.15) is 0 Å². The van der Waals surface area contributed by atoms with Gasteiger partial charge in [0.2, 0.25) is 0 Å². The van der Waals surface area contributed by atoms with E-state index in [2.05, 4.69) is 70.6 Å². The summed E-state index contributed by atoms with van der Waals surface area (Å²) in [5.41, 5.74) is 4.49. The van der Waals surface area contributed by atoms with Crippen LogP contribution in [0.25, 0.3) is 0 Å². The molecule has 1 aromatic heterocycles. The predicted octanol–water partition coefficient (Wildman–Crippen LogP) is 0.887. The van der Waals surface area contributed by atoms with Crippen LogP contribution in [0.1, 0.15) is 18.1 Å². The highest BCUT2D eigenvalue weighted by atomic mass is 35.5. The third-order valence-electron chi connectivity index (χ3n) is 3.95. The van der Waals surface area contributed by atoms with Crippen molar-refractivity contribution in [1.82, 2.24) is 0 Å². The Morgan fingerprint density at radius 2 is 1.44 bits per heavy atom. The summed E-state index contributed by atoms with van der Waals surface area (Å²) in [5.74, 6) is 0. The van der Waals surface area contributed by atoms with E-state index in [0.717, 1.165) is 23.5 Å². The molecule has 2 aromatic carbocycles. The molecule has 0 saturated heterocycles. The number of aromatic nitrogens is 1. The van der Waals surface area contributed by atoms with Crippen molar-refractivity contribution < 1.29 is 17.0 Å². The van der Waals surface area contributed by atoms with E-state index in [1.165, 1.54) is 5.56 Å². The first-order valence-corrected chi connectivity index (χ1v) is 8.10. The molecular weight excluding hydrogens is 330 g/mol. The van der Waals surface area contributed by atoms with Crippen LogP contribution < -0.4 is 22.0 Å². The van der Waals surface area contributed by atoms with E-state index >= 15 is 0 Å². The first kappa shape index (κ1) is 18.7. The Hall–Kier alpha value is -2.65. The molecule has 0 bridgehead atoms. The average Bonchev–Trinajstić information content (AvgIpc) is 2.64. The maximum Gasteiger partial charge on any atom is 0.173 e. The van der Waals surface area contributed by atoms with Gasteiger partial charge in [-0.1, -0.05) is 48.5 Å².